The number of halogens is 3. The van der Waals surface area contributed by atoms with Crippen molar-refractivity contribution >= 4 is 23.5 Å². The van der Waals surface area contributed by atoms with Gasteiger partial charge in [0.05, 0.1) is 24.1 Å². The van der Waals surface area contributed by atoms with Gasteiger partial charge in [0.25, 0.3) is 0 Å². The van der Waals surface area contributed by atoms with Gasteiger partial charge >= 0.3 is 6.18 Å². The minimum atomic E-state index is -4.18. The standard InChI is InChI=1S/C20H16N4.C2H4F3N/c21-17-5-3-4-16(13-17)19-14-23-20-12-15(9-11-24(19)20)7-8-18-6-1-2-10-22-18;3-2(4,5)1-6/h1-14H,21H2;1,6H2/b8-7+;. The average molecular weight is 411 g/mol. The molecule has 30 heavy (non-hydrogen) atoms. The number of imidazole rings is 1. The lowest BCUT2D eigenvalue weighted by Gasteiger charge is -2.03. The quantitative estimate of drug-likeness (QED) is 0.481. The van der Waals surface area contributed by atoms with E-state index in [0.717, 1.165) is 33.8 Å². The predicted octanol–water partition coefficient (Wildman–Crippen LogP) is 4.66. The smallest absolute Gasteiger partial charge is 0.399 e. The Labute approximate surface area is 171 Å². The molecule has 0 unspecified atom stereocenters. The lowest BCUT2D eigenvalue weighted by molar-refractivity contribution is -0.118. The first-order chi connectivity index (χ1) is 14.4. The first-order valence-corrected chi connectivity index (χ1v) is 9.05. The van der Waals surface area contributed by atoms with Gasteiger partial charge < -0.3 is 11.5 Å². The summed E-state index contributed by atoms with van der Waals surface area (Å²) < 4.78 is 34.0. The second-order valence-electron chi connectivity index (χ2n) is 6.36. The van der Waals surface area contributed by atoms with Crippen molar-refractivity contribution in [1.82, 2.24) is 14.4 Å². The van der Waals surface area contributed by atoms with E-state index in [1.807, 2.05) is 67.0 Å². The van der Waals surface area contributed by atoms with Gasteiger partial charge in [-0.1, -0.05) is 24.3 Å². The summed E-state index contributed by atoms with van der Waals surface area (Å²) in [5, 5.41) is 0. The number of nitrogens with two attached hydrogens (primary N) is 2. The van der Waals surface area contributed by atoms with Crippen LogP contribution >= 0.6 is 0 Å². The summed E-state index contributed by atoms with van der Waals surface area (Å²) in [6.45, 7) is -1.23. The number of alkyl halides is 3. The van der Waals surface area contributed by atoms with Crippen molar-refractivity contribution in [2.45, 2.75) is 6.18 Å². The number of rotatable bonds is 3. The number of nitrogen functional groups attached to an aromatic ring is 1. The maximum atomic E-state index is 10.7. The van der Waals surface area contributed by atoms with Gasteiger partial charge in [0.15, 0.2) is 0 Å². The van der Waals surface area contributed by atoms with Crippen LogP contribution in [0.15, 0.2) is 73.2 Å². The number of pyridine rings is 2. The third-order valence-corrected chi connectivity index (χ3v) is 4.09. The molecule has 0 atom stereocenters. The average Bonchev–Trinajstić information content (AvgIpc) is 3.16. The SMILES string of the molecule is NCC(F)(F)F.Nc1cccc(-c2cnc3cc(/C=C/c4ccccn4)ccn23)c1. The summed E-state index contributed by atoms with van der Waals surface area (Å²) in [6, 6.07) is 17.8. The number of anilines is 1. The highest BCUT2D eigenvalue weighted by Gasteiger charge is 2.23. The normalized spacial score (nSPS) is 11.5. The Bertz CT molecular complexity index is 1130. The van der Waals surface area contributed by atoms with Crippen molar-refractivity contribution in [3.8, 4) is 11.3 Å². The topological polar surface area (TPSA) is 82.2 Å². The molecule has 4 aromatic rings. The number of aromatic nitrogens is 3. The van der Waals surface area contributed by atoms with Crippen LogP contribution in [-0.4, -0.2) is 27.1 Å². The third kappa shape index (κ3) is 5.68. The van der Waals surface area contributed by atoms with E-state index in [1.54, 1.807) is 6.20 Å². The fourth-order valence-electron chi connectivity index (χ4n) is 2.67. The lowest BCUT2D eigenvalue weighted by atomic mass is 10.1. The Morgan fingerprint density at radius 1 is 0.967 bits per heavy atom. The second kappa shape index (κ2) is 9.23. The molecule has 3 heterocycles. The van der Waals surface area contributed by atoms with Gasteiger partial charge in [-0.15, -0.1) is 0 Å². The van der Waals surface area contributed by atoms with Gasteiger partial charge in [0, 0.05) is 23.6 Å². The zero-order chi connectivity index (χ0) is 21.6. The molecule has 0 radical (unpaired) electrons. The number of hydrogen-bond acceptors (Lipinski definition) is 4. The van der Waals surface area contributed by atoms with E-state index in [1.165, 1.54) is 0 Å². The Balaban J connectivity index is 0.000000377. The van der Waals surface area contributed by atoms with Crippen molar-refractivity contribution in [1.29, 1.82) is 0 Å². The molecular weight excluding hydrogens is 391 g/mol. The fraction of sp³-hybridized carbons (Fsp3) is 0.0909. The molecule has 0 fully saturated rings. The Kier molecular flexibility index (Phi) is 6.48. The van der Waals surface area contributed by atoms with Crippen LogP contribution in [0.3, 0.4) is 0 Å². The van der Waals surface area contributed by atoms with E-state index in [9.17, 15) is 13.2 Å². The van der Waals surface area contributed by atoms with Crippen LogP contribution in [0.1, 0.15) is 11.3 Å². The molecule has 0 amide bonds. The lowest BCUT2D eigenvalue weighted by Crippen LogP contribution is -2.21. The van der Waals surface area contributed by atoms with E-state index < -0.39 is 12.7 Å². The molecule has 154 valence electrons. The maximum Gasteiger partial charge on any atom is 0.400 e. The molecule has 8 heteroatoms. The van der Waals surface area contributed by atoms with Crippen molar-refractivity contribution in [3.63, 3.8) is 0 Å². The Morgan fingerprint density at radius 3 is 2.43 bits per heavy atom. The largest absolute Gasteiger partial charge is 0.400 e. The molecule has 4 rings (SSSR count). The summed E-state index contributed by atoms with van der Waals surface area (Å²) in [4.78, 5) is 8.80. The first-order valence-electron chi connectivity index (χ1n) is 9.05. The molecule has 4 N–H and O–H groups in total. The molecule has 5 nitrogen and oxygen atoms in total. The van der Waals surface area contributed by atoms with E-state index in [-0.39, 0.29) is 0 Å². The molecule has 0 saturated heterocycles. The van der Waals surface area contributed by atoms with Crippen LogP contribution < -0.4 is 11.5 Å². The van der Waals surface area contributed by atoms with Crippen molar-refractivity contribution in [2.24, 2.45) is 5.73 Å². The number of fused-ring (bicyclic) bond motifs is 1. The molecule has 0 bridgehead atoms. The molecule has 0 aliphatic heterocycles. The minimum Gasteiger partial charge on any atom is -0.399 e. The van der Waals surface area contributed by atoms with Crippen molar-refractivity contribution < 1.29 is 13.2 Å². The van der Waals surface area contributed by atoms with E-state index in [0.29, 0.717) is 0 Å². The third-order valence-electron chi connectivity index (χ3n) is 4.09. The maximum absolute atomic E-state index is 10.7. The number of hydrogen-bond donors (Lipinski definition) is 2. The van der Waals surface area contributed by atoms with E-state index >= 15 is 0 Å². The van der Waals surface area contributed by atoms with E-state index in [4.69, 9.17) is 5.73 Å². The van der Waals surface area contributed by atoms with Crippen molar-refractivity contribution in [3.05, 3.63) is 84.4 Å². The van der Waals surface area contributed by atoms with Gasteiger partial charge in [0.2, 0.25) is 0 Å². The fourth-order valence-corrected chi connectivity index (χ4v) is 2.67. The van der Waals surface area contributed by atoms with Crippen LogP contribution in [0.4, 0.5) is 18.9 Å². The van der Waals surface area contributed by atoms with Gasteiger partial charge in [0.1, 0.15) is 5.65 Å². The summed E-state index contributed by atoms with van der Waals surface area (Å²) in [5.41, 5.74) is 15.8. The predicted molar refractivity (Wildman–Crippen MR) is 113 cm³/mol. The first kappa shape index (κ1) is 21.1. The monoisotopic (exact) mass is 411 g/mol. The zero-order valence-electron chi connectivity index (χ0n) is 15.9. The molecule has 3 aromatic heterocycles. The zero-order valence-corrected chi connectivity index (χ0v) is 15.9. The highest BCUT2D eigenvalue weighted by Crippen LogP contribution is 2.23. The van der Waals surface area contributed by atoms with Crippen LogP contribution in [0, 0.1) is 0 Å². The highest BCUT2D eigenvalue weighted by molar-refractivity contribution is 5.72. The molecule has 0 aliphatic rings. The van der Waals surface area contributed by atoms with Crippen LogP contribution in [0.25, 0.3) is 29.1 Å². The Morgan fingerprint density at radius 2 is 1.77 bits per heavy atom. The second-order valence-corrected chi connectivity index (χ2v) is 6.36. The van der Waals surface area contributed by atoms with Crippen LogP contribution in [0.5, 0.6) is 0 Å². The molecule has 1 aromatic carbocycles. The van der Waals surface area contributed by atoms with E-state index in [2.05, 4.69) is 32.2 Å². The molecule has 0 spiro atoms. The number of nitrogens with zero attached hydrogens (tertiary/aromatic N) is 3. The van der Waals surface area contributed by atoms with Gasteiger partial charge in [-0.3, -0.25) is 9.38 Å². The highest BCUT2D eigenvalue weighted by atomic mass is 19.4. The summed E-state index contributed by atoms with van der Waals surface area (Å²) in [5.74, 6) is 0. The van der Waals surface area contributed by atoms with Gasteiger partial charge in [-0.25, -0.2) is 4.98 Å². The summed E-state index contributed by atoms with van der Waals surface area (Å²) >= 11 is 0. The van der Waals surface area contributed by atoms with Gasteiger partial charge in [-0.05, 0) is 48.0 Å². The molecule has 0 aliphatic carbocycles. The van der Waals surface area contributed by atoms with Crippen LogP contribution in [0.2, 0.25) is 0 Å². The molecule has 0 saturated carbocycles. The van der Waals surface area contributed by atoms with Gasteiger partial charge in [-0.2, -0.15) is 13.2 Å². The summed E-state index contributed by atoms with van der Waals surface area (Å²) in [7, 11) is 0. The molecular formula is C22H20F3N5. The minimum absolute atomic E-state index is 0.748. The number of benzene rings is 1. The van der Waals surface area contributed by atoms with Crippen molar-refractivity contribution in [2.75, 3.05) is 12.3 Å². The Hall–Kier alpha value is -3.65. The van der Waals surface area contributed by atoms with Crippen LogP contribution in [-0.2, 0) is 0 Å². The summed E-state index contributed by atoms with van der Waals surface area (Å²) in [6.07, 6.45) is 5.54.